The topological polar surface area (TPSA) is 38.3 Å². The van der Waals surface area contributed by atoms with Crippen molar-refractivity contribution >= 4 is 5.97 Å². The van der Waals surface area contributed by atoms with Gasteiger partial charge in [-0.25, -0.2) is 4.79 Å². The van der Waals surface area contributed by atoms with Gasteiger partial charge in [-0.1, -0.05) is 12.1 Å². The Morgan fingerprint density at radius 2 is 2.21 bits per heavy atom. The maximum Gasteiger partial charge on any atom is 0.337 e. The van der Waals surface area contributed by atoms with E-state index in [9.17, 15) is 4.79 Å². The van der Waals surface area contributed by atoms with Crippen LogP contribution >= 0.6 is 0 Å². The normalized spacial score (nSPS) is 12.2. The Morgan fingerprint density at radius 3 is 2.79 bits per heavy atom. The molecule has 3 nitrogen and oxygen atoms in total. The number of nitrogens with one attached hydrogen (secondary N) is 1. The molecule has 0 aromatic heterocycles. The molecule has 0 bridgehead atoms. The second-order valence-corrected chi connectivity index (χ2v) is 3.13. The fraction of sp³-hybridized carbons (Fsp3) is 0.364. The van der Waals surface area contributed by atoms with Gasteiger partial charge in [0.2, 0.25) is 0 Å². The van der Waals surface area contributed by atoms with Crippen LogP contribution in [0.1, 0.15) is 28.9 Å². The third kappa shape index (κ3) is 2.33. The van der Waals surface area contributed by atoms with E-state index < -0.39 is 0 Å². The van der Waals surface area contributed by atoms with Crippen molar-refractivity contribution in [3.05, 3.63) is 35.4 Å². The zero-order valence-electron chi connectivity index (χ0n) is 8.70. The SMILES string of the molecule is CN[C@H](C)c1cccc(C(=O)OC)c1. The number of esters is 1. The number of methoxy groups -OCH3 is 1. The van der Waals surface area contributed by atoms with E-state index in [-0.39, 0.29) is 12.0 Å². The molecule has 0 aliphatic rings. The molecule has 1 aromatic carbocycles. The highest BCUT2D eigenvalue weighted by atomic mass is 16.5. The lowest BCUT2D eigenvalue weighted by atomic mass is 10.1. The van der Waals surface area contributed by atoms with E-state index in [1.165, 1.54) is 7.11 Å². The predicted molar refractivity (Wildman–Crippen MR) is 55.3 cm³/mol. The molecule has 3 heteroatoms. The lowest BCUT2D eigenvalue weighted by Crippen LogP contribution is -2.13. The molecule has 0 aliphatic carbocycles. The molecule has 14 heavy (non-hydrogen) atoms. The minimum atomic E-state index is -0.296. The van der Waals surface area contributed by atoms with Crippen LogP contribution in [-0.2, 0) is 4.74 Å². The molecule has 0 unspecified atom stereocenters. The van der Waals surface area contributed by atoms with Gasteiger partial charge in [0, 0.05) is 6.04 Å². The summed E-state index contributed by atoms with van der Waals surface area (Å²) >= 11 is 0. The molecule has 0 spiro atoms. The van der Waals surface area contributed by atoms with Gasteiger partial charge in [-0.2, -0.15) is 0 Å². The minimum absolute atomic E-state index is 0.236. The average molecular weight is 193 g/mol. The van der Waals surface area contributed by atoms with Crippen molar-refractivity contribution in [1.82, 2.24) is 5.32 Å². The average Bonchev–Trinajstić information content (AvgIpc) is 2.27. The molecular weight excluding hydrogens is 178 g/mol. The Balaban J connectivity index is 2.95. The zero-order valence-corrected chi connectivity index (χ0v) is 8.70. The Labute approximate surface area is 84.1 Å². The first-order chi connectivity index (χ1) is 6.69. The number of benzene rings is 1. The molecule has 0 amide bonds. The lowest BCUT2D eigenvalue weighted by Gasteiger charge is -2.11. The summed E-state index contributed by atoms with van der Waals surface area (Å²) in [5, 5.41) is 3.11. The van der Waals surface area contributed by atoms with E-state index in [0.29, 0.717) is 5.56 Å². The molecule has 1 rings (SSSR count). The van der Waals surface area contributed by atoms with Gasteiger partial charge in [-0.3, -0.25) is 0 Å². The third-order valence-corrected chi connectivity index (χ3v) is 2.24. The highest BCUT2D eigenvalue weighted by molar-refractivity contribution is 5.89. The van der Waals surface area contributed by atoms with Crippen LogP contribution in [0.2, 0.25) is 0 Å². The van der Waals surface area contributed by atoms with Gasteiger partial charge in [0.1, 0.15) is 0 Å². The number of rotatable bonds is 3. The van der Waals surface area contributed by atoms with Gasteiger partial charge < -0.3 is 10.1 Å². The fourth-order valence-electron chi connectivity index (χ4n) is 1.22. The molecular formula is C11H15NO2. The Bertz CT molecular complexity index is 323. The van der Waals surface area contributed by atoms with Crippen LogP contribution in [0.25, 0.3) is 0 Å². The largest absolute Gasteiger partial charge is 0.465 e. The predicted octanol–water partition coefficient (Wildman–Crippen LogP) is 1.75. The van der Waals surface area contributed by atoms with Crippen LogP contribution in [0.4, 0.5) is 0 Å². The summed E-state index contributed by atoms with van der Waals surface area (Å²) in [4.78, 5) is 11.2. The number of ether oxygens (including phenoxy) is 1. The number of hydrogen-bond acceptors (Lipinski definition) is 3. The zero-order chi connectivity index (χ0) is 10.6. The number of carbonyl (C=O) groups is 1. The molecule has 0 fully saturated rings. The monoisotopic (exact) mass is 193 g/mol. The first-order valence-electron chi connectivity index (χ1n) is 4.54. The van der Waals surface area contributed by atoms with Gasteiger partial charge in [0.25, 0.3) is 0 Å². The summed E-state index contributed by atoms with van der Waals surface area (Å²) < 4.78 is 4.65. The summed E-state index contributed by atoms with van der Waals surface area (Å²) in [5.41, 5.74) is 1.67. The first-order valence-corrected chi connectivity index (χ1v) is 4.54. The van der Waals surface area contributed by atoms with Crippen molar-refractivity contribution < 1.29 is 9.53 Å². The number of carbonyl (C=O) groups excluding carboxylic acids is 1. The van der Waals surface area contributed by atoms with E-state index in [1.807, 2.05) is 32.2 Å². The highest BCUT2D eigenvalue weighted by Gasteiger charge is 2.08. The smallest absolute Gasteiger partial charge is 0.337 e. The standard InChI is InChI=1S/C11H15NO2/c1-8(12-2)9-5-4-6-10(7-9)11(13)14-3/h4-8,12H,1-3H3/t8-/m1/s1. The van der Waals surface area contributed by atoms with E-state index in [0.717, 1.165) is 5.56 Å². The van der Waals surface area contributed by atoms with Gasteiger partial charge in [0.15, 0.2) is 0 Å². The second kappa shape index (κ2) is 4.77. The van der Waals surface area contributed by atoms with Crippen LogP contribution in [-0.4, -0.2) is 20.1 Å². The van der Waals surface area contributed by atoms with Crippen molar-refractivity contribution in [1.29, 1.82) is 0 Å². The molecule has 0 saturated carbocycles. The van der Waals surface area contributed by atoms with Gasteiger partial charge >= 0.3 is 5.97 Å². The van der Waals surface area contributed by atoms with Crippen LogP contribution in [0.15, 0.2) is 24.3 Å². The Morgan fingerprint density at radius 1 is 1.50 bits per heavy atom. The molecule has 76 valence electrons. The lowest BCUT2D eigenvalue weighted by molar-refractivity contribution is 0.0600. The molecule has 0 heterocycles. The molecule has 1 atom stereocenters. The van der Waals surface area contributed by atoms with Crippen molar-refractivity contribution in [3.8, 4) is 0 Å². The maximum atomic E-state index is 11.2. The summed E-state index contributed by atoms with van der Waals surface area (Å²) in [6.45, 7) is 2.04. The Kier molecular flexibility index (Phi) is 3.65. The maximum absolute atomic E-state index is 11.2. The minimum Gasteiger partial charge on any atom is -0.465 e. The third-order valence-electron chi connectivity index (χ3n) is 2.24. The summed E-state index contributed by atoms with van der Waals surface area (Å²) in [7, 11) is 3.27. The van der Waals surface area contributed by atoms with E-state index >= 15 is 0 Å². The van der Waals surface area contributed by atoms with Gasteiger partial charge in [-0.15, -0.1) is 0 Å². The molecule has 1 N–H and O–H groups in total. The van der Waals surface area contributed by atoms with Crippen molar-refractivity contribution in [2.75, 3.05) is 14.2 Å². The van der Waals surface area contributed by atoms with E-state index in [2.05, 4.69) is 10.1 Å². The second-order valence-electron chi connectivity index (χ2n) is 3.13. The summed E-state index contributed by atoms with van der Waals surface area (Å²) in [6, 6.07) is 7.66. The van der Waals surface area contributed by atoms with E-state index in [1.54, 1.807) is 6.07 Å². The Hall–Kier alpha value is -1.35. The van der Waals surface area contributed by atoms with Crippen LogP contribution in [0.5, 0.6) is 0 Å². The number of hydrogen-bond donors (Lipinski definition) is 1. The van der Waals surface area contributed by atoms with Gasteiger partial charge in [-0.05, 0) is 31.7 Å². The van der Waals surface area contributed by atoms with Gasteiger partial charge in [0.05, 0.1) is 12.7 Å². The van der Waals surface area contributed by atoms with Crippen LogP contribution in [0.3, 0.4) is 0 Å². The highest BCUT2D eigenvalue weighted by Crippen LogP contribution is 2.13. The molecule has 0 saturated heterocycles. The fourth-order valence-corrected chi connectivity index (χ4v) is 1.22. The van der Waals surface area contributed by atoms with E-state index in [4.69, 9.17) is 0 Å². The van der Waals surface area contributed by atoms with Crippen LogP contribution in [0, 0.1) is 0 Å². The quantitative estimate of drug-likeness (QED) is 0.743. The van der Waals surface area contributed by atoms with Crippen LogP contribution < -0.4 is 5.32 Å². The first kappa shape index (κ1) is 10.7. The molecule has 1 aromatic rings. The molecule has 0 aliphatic heterocycles. The van der Waals surface area contributed by atoms with Crippen molar-refractivity contribution in [2.24, 2.45) is 0 Å². The molecule has 0 radical (unpaired) electrons. The summed E-state index contributed by atoms with van der Waals surface area (Å²) in [6.07, 6.45) is 0. The van der Waals surface area contributed by atoms with Crippen molar-refractivity contribution in [2.45, 2.75) is 13.0 Å². The summed E-state index contributed by atoms with van der Waals surface area (Å²) in [5.74, 6) is -0.296. The van der Waals surface area contributed by atoms with Crippen molar-refractivity contribution in [3.63, 3.8) is 0 Å².